The highest BCUT2D eigenvalue weighted by Gasteiger charge is 2.12. The number of aromatic nitrogens is 2. The molecule has 0 aliphatic rings. The number of rotatable bonds is 5. The summed E-state index contributed by atoms with van der Waals surface area (Å²) in [6.45, 7) is 2.81. The highest BCUT2D eigenvalue weighted by atomic mass is 16.5. The highest BCUT2D eigenvalue weighted by molar-refractivity contribution is 5.75. The Balaban J connectivity index is 2.81. The lowest BCUT2D eigenvalue weighted by Crippen LogP contribution is -2.32. The first-order valence-corrected chi connectivity index (χ1v) is 5.25. The Morgan fingerprint density at radius 1 is 1.53 bits per heavy atom. The van der Waals surface area contributed by atoms with Gasteiger partial charge in [-0.1, -0.05) is 6.92 Å². The number of anilines is 1. The molecule has 0 radical (unpaired) electrons. The smallest absolute Gasteiger partial charge is 0.325 e. The van der Waals surface area contributed by atoms with Gasteiger partial charge in [0.2, 0.25) is 0 Å². The first kappa shape index (κ1) is 12.9. The van der Waals surface area contributed by atoms with Crippen LogP contribution < -0.4 is 4.90 Å². The van der Waals surface area contributed by atoms with E-state index in [-0.39, 0.29) is 18.2 Å². The second kappa shape index (κ2) is 6.43. The van der Waals surface area contributed by atoms with E-state index in [0.29, 0.717) is 12.4 Å². The van der Waals surface area contributed by atoms with E-state index in [1.807, 2.05) is 13.0 Å². The van der Waals surface area contributed by atoms with E-state index in [0.717, 1.165) is 6.42 Å². The molecular weight excluding hydrogens is 220 g/mol. The molecule has 0 aliphatic carbocycles. The van der Waals surface area contributed by atoms with E-state index in [1.165, 1.54) is 19.5 Å². The average molecular weight is 234 g/mol. The van der Waals surface area contributed by atoms with Crippen LogP contribution in [0.5, 0.6) is 0 Å². The van der Waals surface area contributed by atoms with Crippen LogP contribution >= 0.6 is 0 Å². The summed E-state index contributed by atoms with van der Waals surface area (Å²) in [4.78, 5) is 21.0. The Morgan fingerprint density at radius 3 is 2.76 bits per heavy atom. The Bertz CT molecular complexity index is 410. The lowest BCUT2D eigenvalue weighted by atomic mass is 10.4. The molecule has 0 atom stereocenters. The minimum atomic E-state index is -0.329. The Kier molecular flexibility index (Phi) is 4.88. The van der Waals surface area contributed by atoms with Gasteiger partial charge in [0.15, 0.2) is 5.69 Å². The van der Waals surface area contributed by atoms with E-state index in [2.05, 4.69) is 14.7 Å². The van der Waals surface area contributed by atoms with Gasteiger partial charge < -0.3 is 9.64 Å². The summed E-state index contributed by atoms with van der Waals surface area (Å²) in [6, 6.07) is 1.89. The number of esters is 1. The molecule has 0 aliphatic heterocycles. The lowest BCUT2D eigenvalue weighted by molar-refractivity contribution is -0.138. The Labute approximate surface area is 99.9 Å². The van der Waals surface area contributed by atoms with Crippen LogP contribution in [0.1, 0.15) is 19.0 Å². The second-order valence-electron chi connectivity index (χ2n) is 3.37. The van der Waals surface area contributed by atoms with E-state index >= 15 is 0 Å². The third-order valence-corrected chi connectivity index (χ3v) is 2.12. The van der Waals surface area contributed by atoms with Gasteiger partial charge >= 0.3 is 5.97 Å². The molecule has 17 heavy (non-hydrogen) atoms. The van der Waals surface area contributed by atoms with Gasteiger partial charge in [-0.3, -0.25) is 4.79 Å². The maximum Gasteiger partial charge on any atom is 0.325 e. The topological polar surface area (TPSA) is 79.1 Å². The zero-order valence-electron chi connectivity index (χ0n) is 9.88. The maximum absolute atomic E-state index is 11.2. The molecule has 90 valence electrons. The number of methoxy groups -OCH3 is 1. The number of nitrogens with zero attached hydrogens (tertiary/aromatic N) is 4. The van der Waals surface area contributed by atoms with Crippen molar-refractivity contribution in [3.05, 3.63) is 18.1 Å². The van der Waals surface area contributed by atoms with Gasteiger partial charge in [0.25, 0.3) is 0 Å². The standard InChI is InChI=1S/C11H14N4O2/c1-3-4-15(8-11(16)17-2)10-7-13-9(5-12)6-14-10/h6-7H,3-4,8H2,1-2H3. The first-order valence-electron chi connectivity index (χ1n) is 5.25. The summed E-state index contributed by atoms with van der Waals surface area (Å²) in [5.41, 5.74) is 0.253. The minimum Gasteiger partial charge on any atom is -0.468 e. The fourth-order valence-corrected chi connectivity index (χ4v) is 1.31. The van der Waals surface area contributed by atoms with Crippen molar-refractivity contribution in [2.45, 2.75) is 13.3 Å². The van der Waals surface area contributed by atoms with Gasteiger partial charge in [-0.2, -0.15) is 5.26 Å². The molecule has 0 saturated carbocycles. The summed E-state index contributed by atoms with van der Waals surface area (Å²) in [6.07, 6.45) is 3.74. The van der Waals surface area contributed by atoms with Gasteiger partial charge in [0.05, 0.1) is 19.5 Å². The molecule has 0 bridgehead atoms. The molecule has 0 amide bonds. The largest absolute Gasteiger partial charge is 0.468 e. The number of hydrogen-bond acceptors (Lipinski definition) is 6. The van der Waals surface area contributed by atoms with E-state index in [4.69, 9.17) is 5.26 Å². The van der Waals surface area contributed by atoms with Crippen molar-refractivity contribution < 1.29 is 9.53 Å². The van der Waals surface area contributed by atoms with Crippen molar-refractivity contribution in [3.63, 3.8) is 0 Å². The molecule has 1 heterocycles. The van der Waals surface area contributed by atoms with Crippen LogP contribution in [0.3, 0.4) is 0 Å². The highest BCUT2D eigenvalue weighted by Crippen LogP contribution is 2.09. The predicted octanol–water partition coefficient (Wildman–Crippen LogP) is 0.738. The van der Waals surface area contributed by atoms with Gasteiger partial charge in [-0.25, -0.2) is 9.97 Å². The normalized spacial score (nSPS) is 9.47. The van der Waals surface area contributed by atoms with Crippen LogP contribution in [-0.2, 0) is 9.53 Å². The summed E-state index contributed by atoms with van der Waals surface area (Å²) in [7, 11) is 1.34. The van der Waals surface area contributed by atoms with Gasteiger partial charge in [0.1, 0.15) is 18.4 Å². The molecule has 1 aromatic heterocycles. The average Bonchev–Trinajstić information content (AvgIpc) is 2.38. The molecule has 0 saturated heterocycles. The van der Waals surface area contributed by atoms with Crippen LogP contribution in [0.2, 0.25) is 0 Å². The quantitative estimate of drug-likeness (QED) is 0.699. The molecule has 0 aromatic carbocycles. The van der Waals surface area contributed by atoms with Crippen molar-refractivity contribution in [1.82, 2.24) is 9.97 Å². The van der Waals surface area contributed by atoms with Crippen molar-refractivity contribution in [2.75, 3.05) is 25.1 Å². The zero-order chi connectivity index (χ0) is 12.7. The molecule has 0 spiro atoms. The number of nitriles is 1. The second-order valence-corrected chi connectivity index (χ2v) is 3.37. The van der Waals surface area contributed by atoms with Crippen molar-refractivity contribution in [2.24, 2.45) is 0 Å². The minimum absolute atomic E-state index is 0.130. The monoisotopic (exact) mass is 234 g/mol. The Hall–Kier alpha value is -2.16. The molecule has 0 N–H and O–H groups in total. The third kappa shape index (κ3) is 3.72. The molecule has 6 nitrogen and oxygen atoms in total. The number of carbonyl (C=O) groups excluding carboxylic acids is 1. The lowest BCUT2D eigenvalue weighted by Gasteiger charge is -2.20. The van der Waals surface area contributed by atoms with Crippen LogP contribution in [0.25, 0.3) is 0 Å². The van der Waals surface area contributed by atoms with E-state index < -0.39 is 0 Å². The molecule has 0 fully saturated rings. The van der Waals surface area contributed by atoms with Crippen LogP contribution in [0.4, 0.5) is 5.82 Å². The number of hydrogen-bond donors (Lipinski definition) is 0. The maximum atomic E-state index is 11.2. The summed E-state index contributed by atoms with van der Waals surface area (Å²) in [5.74, 6) is 0.237. The van der Waals surface area contributed by atoms with Crippen LogP contribution in [0.15, 0.2) is 12.4 Å². The number of ether oxygens (including phenoxy) is 1. The summed E-state index contributed by atoms with van der Waals surface area (Å²) < 4.78 is 4.61. The molecule has 1 rings (SSSR count). The van der Waals surface area contributed by atoms with Gasteiger partial charge in [0, 0.05) is 6.54 Å². The van der Waals surface area contributed by atoms with Gasteiger partial charge in [-0.05, 0) is 6.42 Å². The first-order chi connectivity index (χ1) is 8.21. The van der Waals surface area contributed by atoms with Crippen molar-refractivity contribution >= 4 is 11.8 Å². The van der Waals surface area contributed by atoms with Crippen LogP contribution in [0, 0.1) is 11.3 Å². The van der Waals surface area contributed by atoms with Crippen LogP contribution in [-0.4, -0.2) is 36.1 Å². The molecule has 6 heteroatoms. The van der Waals surface area contributed by atoms with E-state index in [9.17, 15) is 4.79 Å². The molecule has 0 unspecified atom stereocenters. The fraction of sp³-hybridized carbons (Fsp3) is 0.455. The molecular formula is C11H14N4O2. The third-order valence-electron chi connectivity index (χ3n) is 2.12. The number of carbonyl (C=O) groups is 1. The zero-order valence-corrected chi connectivity index (χ0v) is 9.88. The van der Waals surface area contributed by atoms with Crippen molar-refractivity contribution in [3.8, 4) is 6.07 Å². The SMILES string of the molecule is CCCN(CC(=O)OC)c1cnc(C#N)cn1. The molecule has 1 aromatic rings. The fourth-order valence-electron chi connectivity index (χ4n) is 1.31. The van der Waals surface area contributed by atoms with Gasteiger partial charge in [-0.15, -0.1) is 0 Å². The summed E-state index contributed by atoms with van der Waals surface area (Å²) >= 11 is 0. The van der Waals surface area contributed by atoms with E-state index in [1.54, 1.807) is 4.90 Å². The van der Waals surface area contributed by atoms with Crippen molar-refractivity contribution in [1.29, 1.82) is 5.26 Å². The Morgan fingerprint density at radius 2 is 2.29 bits per heavy atom. The summed E-state index contributed by atoms with van der Waals surface area (Å²) in [5, 5.41) is 8.61. The predicted molar refractivity (Wildman–Crippen MR) is 61.3 cm³/mol.